The topological polar surface area (TPSA) is 97.0 Å². The second-order valence-electron chi connectivity index (χ2n) is 4.74. The first kappa shape index (κ1) is 16.5. The van der Waals surface area contributed by atoms with Gasteiger partial charge in [0.2, 0.25) is 15.8 Å². The summed E-state index contributed by atoms with van der Waals surface area (Å²) in [5, 5.41) is 8.87. The number of carboxylic acids is 1. The third-order valence-electron chi connectivity index (χ3n) is 3.32. The van der Waals surface area contributed by atoms with E-state index in [0.29, 0.717) is 26.3 Å². The van der Waals surface area contributed by atoms with Crippen LogP contribution in [0.5, 0.6) is 0 Å². The number of carboxylic acid groups (broad SMARTS) is 1. The van der Waals surface area contributed by atoms with Crippen molar-refractivity contribution in [2.75, 3.05) is 26.3 Å². The Morgan fingerprint density at radius 1 is 1.57 bits per heavy atom. The number of hydrogen-bond acceptors (Lipinski definition) is 5. The van der Waals surface area contributed by atoms with E-state index in [1.165, 1.54) is 4.31 Å². The molecule has 1 fully saturated rings. The summed E-state index contributed by atoms with van der Waals surface area (Å²) in [6.45, 7) is 3.55. The van der Waals surface area contributed by atoms with Gasteiger partial charge in [0.05, 0.1) is 6.61 Å². The van der Waals surface area contributed by atoms with E-state index in [4.69, 9.17) is 14.3 Å². The fourth-order valence-electron chi connectivity index (χ4n) is 2.18. The lowest BCUT2D eigenvalue weighted by Gasteiger charge is -2.22. The highest BCUT2D eigenvalue weighted by molar-refractivity contribution is 9.10. The van der Waals surface area contributed by atoms with Crippen molar-refractivity contribution in [1.82, 2.24) is 4.31 Å². The maximum Gasteiger partial charge on any atom is 0.371 e. The van der Waals surface area contributed by atoms with Crippen molar-refractivity contribution >= 4 is 31.9 Å². The summed E-state index contributed by atoms with van der Waals surface area (Å²) in [6, 6.07) is 1.02. The van der Waals surface area contributed by atoms with E-state index in [0.717, 1.165) is 12.5 Å². The van der Waals surface area contributed by atoms with E-state index in [2.05, 4.69) is 15.9 Å². The van der Waals surface area contributed by atoms with Crippen LogP contribution < -0.4 is 0 Å². The Bertz CT molecular complexity index is 620. The highest BCUT2D eigenvalue weighted by Crippen LogP contribution is 2.29. The molecule has 118 valence electrons. The Balaban J connectivity index is 2.27. The maximum absolute atomic E-state index is 12.6. The first-order chi connectivity index (χ1) is 9.86. The summed E-state index contributed by atoms with van der Waals surface area (Å²) in [5.41, 5.74) is 0. The number of aromatic carboxylic acids is 1. The average Bonchev–Trinajstić information content (AvgIpc) is 3.04. The van der Waals surface area contributed by atoms with Crippen molar-refractivity contribution in [3.8, 4) is 0 Å². The fourth-order valence-corrected chi connectivity index (χ4v) is 4.61. The molecule has 1 aromatic rings. The predicted octanol–water partition coefficient (Wildman–Crippen LogP) is 1.79. The number of furan rings is 1. The highest BCUT2D eigenvalue weighted by Gasteiger charge is 2.32. The number of hydrogen-bond donors (Lipinski definition) is 1. The van der Waals surface area contributed by atoms with Gasteiger partial charge >= 0.3 is 5.97 Å². The van der Waals surface area contributed by atoms with Crippen molar-refractivity contribution in [1.29, 1.82) is 0 Å². The molecule has 0 aliphatic carbocycles. The van der Waals surface area contributed by atoms with E-state index in [1.807, 2.05) is 0 Å². The normalized spacial score (nSPS) is 19.3. The van der Waals surface area contributed by atoms with Crippen molar-refractivity contribution in [2.24, 2.45) is 5.92 Å². The van der Waals surface area contributed by atoms with Gasteiger partial charge in [-0.2, -0.15) is 4.31 Å². The number of sulfonamides is 1. The fraction of sp³-hybridized carbons (Fsp3) is 0.583. The van der Waals surface area contributed by atoms with Crippen LogP contribution in [0.3, 0.4) is 0 Å². The summed E-state index contributed by atoms with van der Waals surface area (Å²) < 4.78 is 36.6. The molecule has 9 heteroatoms. The number of nitrogens with zero attached hydrogens (tertiary/aromatic N) is 1. The molecule has 0 spiro atoms. The molecule has 0 amide bonds. The molecular weight excluding hydrogens is 366 g/mol. The van der Waals surface area contributed by atoms with Gasteiger partial charge in [0.25, 0.3) is 0 Å². The van der Waals surface area contributed by atoms with Crippen LogP contribution in [0.15, 0.2) is 20.0 Å². The summed E-state index contributed by atoms with van der Waals surface area (Å²) in [6.07, 6.45) is 0.818. The Morgan fingerprint density at radius 3 is 2.76 bits per heavy atom. The van der Waals surface area contributed by atoms with Gasteiger partial charge in [0, 0.05) is 25.8 Å². The van der Waals surface area contributed by atoms with Crippen molar-refractivity contribution in [3.05, 3.63) is 16.5 Å². The molecule has 0 saturated carbocycles. The zero-order valence-electron chi connectivity index (χ0n) is 11.4. The van der Waals surface area contributed by atoms with Crippen molar-refractivity contribution in [2.45, 2.75) is 18.2 Å². The molecule has 1 unspecified atom stereocenters. The van der Waals surface area contributed by atoms with Crippen LogP contribution in [0.1, 0.15) is 23.9 Å². The van der Waals surface area contributed by atoms with Crippen LogP contribution in [0.25, 0.3) is 0 Å². The van der Waals surface area contributed by atoms with Crippen LogP contribution in [0.4, 0.5) is 0 Å². The third kappa shape index (κ3) is 3.47. The summed E-state index contributed by atoms with van der Waals surface area (Å²) in [7, 11) is -3.81. The number of rotatable bonds is 6. The molecule has 7 nitrogen and oxygen atoms in total. The molecule has 2 heterocycles. The zero-order valence-corrected chi connectivity index (χ0v) is 13.8. The largest absolute Gasteiger partial charge is 0.475 e. The van der Waals surface area contributed by atoms with Gasteiger partial charge in [-0.3, -0.25) is 0 Å². The van der Waals surface area contributed by atoms with Gasteiger partial charge < -0.3 is 14.3 Å². The Labute approximate surface area is 131 Å². The molecule has 0 bridgehead atoms. The molecule has 0 aromatic carbocycles. The molecule has 1 aliphatic rings. The number of carbonyl (C=O) groups is 1. The number of ether oxygens (including phenoxy) is 1. The average molecular weight is 382 g/mol. The van der Waals surface area contributed by atoms with Crippen LogP contribution in [-0.4, -0.2) is 50.1 Å². The van der Waals surface area contributed by atoms with E-state index in [1.54, 1.807) is 6.92 Å². The molecule has 1 aliphatic heterocycles. The smallest absolute Gasteiger partial charge is 0.371 e. The SMILES string of the molecule is CCN(CC1CCOC1)S(=O)(=O)c1cc(C(=O)O)oc1Br. The van der Waals surface area contributed by atoms with Gasteiger partial charge in [-0.25, -0.2) is 13.2 Å². The van der Waals surface area contributed by atoms with Gasteiger partial charge in [-0.1, -0.05) is 6.92 Å². The number of halogens is 1. The monoisotopic (exact) mass is 381 g/mol. The van der Waals surface area contributed by atoms with Gasteiger partial charge in [0.1, 0.15) is 4.90 Å². The lowest BCUT2D eigenvalue weighted by atomic mass is 10.1. The van der Waals surface area contributed by atoms with Gasteiger partial charge in [0.15, 0.2) is 4.67 Å². The Hall–Kier alpha value is -0.900. The molecule has 21 heavy (non-hydrogen) atoms. The Kier molecular flexibility index (Phi) is 5.07. The highest BCUT2D eigenvalue weighted by atomic mass is 79.9. The summed E-state index contributed by atoms with van der Waals surface area (Å²) >= 11 is 2.97. The predicted molar refractivity (Wildman–Crippen MR) is 76.7 cm³/mol. The van der Waals surface area contributed by atoms with Crippen LogP contribution >= 0.6 is 15.9 Å². The van der Waals surface area contributed by atoms with E-state index < -0.39 is 21.8 Å². The van der Waals surface area contributed by atoms with Crippen LogP contribution in [0.2, 0.25) is 0 Å². The molecule has 1 N–H and O–H groups in total. The third-order valence-corrected chi connectivity index (χ3v) is 6.12. The second-order valence-corrected chi connectivity index (χ2v) is 7.37. The zero-order chi connectivity index (χ0) is 15.6. The van der Waals surface area contributed by atoms with Crippen molar-refractivity contribution in [3.63, 3.8) is 0 Å². The van der Waals surface area contributed by atoms with Gasteiger partial charge in [-0.05, 0) is 28.3 Å². The van der Waals surface area contributed by atoms with E-state index in [-0.39, 0.29) is 15.5 Å². The second kappa shape index (κ2) is 6.47. The molecule has 1 aromatic heterocycles. The van der Waals surface area contributed by atoms with Gasteiger partial charge in [-0.15, -0.1) is 0 Å². The lowest BCUT2D eigenvalue weighted by Crippen LogP contribution is -2.35. The van der Waals surface area contributed by atoms with Crippen LogP contribution in [0, 0.1) is 5.92 Å². The molecule has 1 atom stereocenters. The minimum absolute atomic E-state index is 0.0963. The van der Waals surface area contributed by atoms with E-state index in [9.17, 15) is 13.2 Å². The Morgan fingerprint density at radius 2 is 2.29 bits per heavy atom. The lowest BCUT2D eigenvalue weighted by molar-refractivity contribution is 0.0661. The summed E-state index contributed by atoms with van der Waals surface area (Å²) in [4.78, 5) is 10.7. The minimum atomic E-state index is -3.81. The first-order valence-corrected chi connectivity index (χ1v) is 8.70. The summed E-state index contributed by atoms with van der Waals surface area (Å²) in [5.74, 6) is -1.57. The molecule has 1 saturated heterocycles. The minimum Gasteiger partial charge on any atom is -0.475 e. The standard InChI is InChI=1S/C12H16BrNO6S/c1-2-14(6-8-3-4-19-7-8)21(17,18)10-5-9(12(15)16)20-11(10)13/h5,8H,2-4,6-7H2,1H3,(H,15,16). The molecule has 2 rings (SSSR count). The first-order valence-electron chi connectivity index (χ1n) is 6.46. The molecule has 0 radical (unpaired) electrons. The molecular formula is C12H16BrNO6S. The van der Waals surface area contributed by atoms with Crippen LogP contribution in [-0.2, 0) is 14.8 Å². The van der Waals surface area contributed by atoms with Crippen molar-refractivity contribution < 1.29 is 27.5 Å². The quantitative estimate of drug-likeness (QED) is 0.806. The van der Waals surface area contributed by atoms with E-state index >= 15 is 0 Å². The maximum atomic E-state index is 12.6.